The maximum Gasteiger partial charge on any atom is 0.155 e. The van der Waals surface area contributed by atoms with Gasteiger partial charge in [0, 0.05) is 35.9 Å². The van der Waals surface area contributed by atoms with Crippen LogP contribution in [-0.4, -0.2) is 24.1 Å². The normalized spacial score (nSPS) is 13.5. The molecule has 0 fully saturated rings. The van der Waals surface area contributed by atoms with E-state index in [0.717, 1.165) is 42.1 Å². The van der Waals surface area contributed by atoms with Crippen molar-refractivity contribution in [2.75, 3.05) is 0 Å². The van der Waals surface area contributed by atoms with Crippen molar-refractivity contribution in [2.45, 2.75) is 26.3 Å². The van der Waals surface area contributed by atoms with E-state index in [4.69, 9.17) is 4.98 Å². The standard InChI is InChI=1S/C19H15F2N5/c1-11-14(20)6-5-13(17(11)21)18-19(25-8-2-3-16(25)24-18)12-4-7-15-22-10-23-26(15)9-12/h4-7,9-10H,2-3,8H2,1H3. The van der Waals surface area contributed by atoms with Crippen LogP contribution in [0.1, 0.15) is 17.8 Å². The first kappa shape index (κ1) is 15.2. The van der Waals surface area contributed by atoms with Gasteiger partial charge in [-0.05, 0) is 37.6 Å². The quantitative estimate of drug-likeness (QED) is 0.552. The highest BCUT2D eigenvalue weighted by atomic mass is 19.1. The molecule has 0 amide bonds. The van der Waals surface area contributed by atoms with Crippen molar-refractivity contribution in [1.82, 2.24) is 24.1 Å². The van der Waals surface area contributed by atoms with Crippen molar-refractivity contribution >= 4 is 5.65 Å². The Morgan fingerprint density at radius 3 is 2.88 bits per heavy atom. The van der Waals surface area contributed by atoms with Gasteiger partial charge in [0.25, 0.3) is 0 Å². The third kappa shape index (κ3) is 2.09. The van der Waals surface area contributed by atoms with Gasteiger partial charge in [-0.2, -0.15) is 5.10 Å². The van der Waals surface area contributed by atoms with Crippen LogP contribution in [0.3, 0.4) is 0 Å². The SMILES string of the molecule is Cc1c(F)ccc(-c2nc3n(c2-c2ccc4ncnn4c2)CCC3)c1F. The molecule has 0 aliphatic carbocycles. The van der Waals surface area contributed by atoms with Crippen LogP contribution in [0.4, 0.5) is 8.78 Å². The number of hydrogen-bond acceptors (Lipinski definition) is 3. The van der Waals surface area contributed by atoms with Crippen molar-refractivity contribution < 1.29 is 8.78 Å². The highest BCUT2D eigenvalue weighted by molar-refractivity contribution is 5.80. The van der Waals surface area contributed by atoms with Crippen LogP contribution in [-0.2, 0) is 13.0 Å². The number of pyridine rings is 1. The molecule has 0 spiro atoms. The number of aryl methyl sites for hydroxylation is 1. The molecular weight excluding hydrogens is 336 g/mol. The molecule has 1 aliphatic rings. The molecule has 26 heavy (non-hydrogen) atoms. The second kappa shape index (κ2) is 5.45. The first-order chi connectivity index (χ1) is 12.6. The zero-order valence-electron chi connectivity index (χ0n) is 14.1. The number of fused-ring (bicyclic) bond motifs is 2. The zero-order chi connectivity index (χ0) is 17.8. The van der Waals surface area contributed by atoms with Gasteiger partial charge in [-0.15, -0.1) is 0 Å². The van der Waals surface area contributed by atoms with E-state index in [0.29, 0.717) is 11.3 Å². The summed E-state index contributed by atoms with van der Waals surface area (Å²) in [7, 11) is 0. The minimum absolute atomic E-state index is 0.00772. The molecule has 130 valence electrons. The topological polar surface area (TPSA) is 48.0 Å². The first-order valence-electron chi connectivity index (χ1n) is 8.47. The molecule has 0 atom stereocenters. The number of aromatic nitrogens is 5. The van der Waals surface area contributed by atoms with Crippen molar-refractivity contribution in [2.24, 2.45) is 0 Å². The summed E-state index contributed by atoms with van der Waals surface area (Å²) in [6.07, 6.45) is 5.21. The Bertz CT molecular complexity index is 1160. The Balaban J connectivity index is 1.79. The highest BCUT2D eigenvalue weighted by Gasteiger charge is 2.26. The Hall–Kier alpha value is -3.09. The largest absolute Gasteiger partial charge is 0.327 e. The van der Waals surface area contributed by atoms with Crippen LogP contribution >= 0.6 is 0 Å². The highest BCUT2D eigenvalue weighted by Crippen LogP contribution is 2.37. The lowest BCUT2D eigenvalue weighted by Gasteiger charge is -2.10. The fraction of sp³-hybridized carbons (Fsp3) is 0.211. The van der Waals surface area contributed by atoms with E-state index in [9.17, 15) is 8.78 Å². The summed E-state index contributed by atoms with van der Waals surface area (Å²) < 4.78 is 32.3. The van der Waals surface area contributed by atoms with Gasteiger partial charge in [0.05, 0.1) is 11.4 Å². The summed E-state index contributed by atoms with van der Waals surface area (Å²) in [5.74, 6) is -0.191. The fourth-order valence-corrected chi connectivity index (χ4v) is 3.61. The van der Waals surface area contributed by atoms with E-state index in [2.05, 4.69) is 14.6 Å². The molecule has 0 bridgehead atoms. The van der Waals surface area contributed by atoms with E-state index in [1.165, 1.54) is 25.4 Å². The second-order valence-corrected chi connectivity index (χ2v) is 6.49. The van der Waals surface area contributed by atoms with Crippen molar-refractivity contribution in [1.29, 1.82) is 0 Å². The summed E-state index contributed by atoms with van der Waals surface area (Å²) in [6.45, 7) is 2.27. The minimum Gasteiger partial charge on any atom is -0.327 e. The molecule has 5 nitrogen and oxygen atoms in total. The number of hydrogen-bond donors (Lipinski definition) is 0. The Kier molecular flexibility index (Phi) is 3.19. The third-order valence-corrected chi connectivity index (χ3v) is 4.95. The van der Waals surface area contributed by atoms with Gasteiger partial charge in [0.2, 0.25) is 0 Å². The smallest absolute Gasteiger partial charge is 0.155 e. The van der Waals surface area contributed by atoms with Crippen molar-refractivity contribution in [3.63, 3.8) is 0 Å². The van der Waals surface area contributed by atoms with E-state index < -0.39 is 11.6 Å². The Morgan fingerprint density at radius 1 is 1.12 bits per heavy atom. The van der Waals surface area contributed by atoms with Gasteiger partial charge >= 0.3 is 0 Å². The number of imidazole rings is 1. The summed E-state index contributed by atoms with van der Waals surface area (Å²) in [4.78, 5) is 8.85. The molecule has 1 aliphatic heterocycles. The molecule has 0 radical (unpaired) electrons. The van der Waals surface area contributed by atoms with Gasteiger partial charge in [-0.25, -0.2) is 23.3 Å². The molecule has 1 aromatic carbocycles. The molecule has 4 heterocycles. The number of rotatable bonds is 2. The molecule has 0 saturated heterocycles. The average Bonchev–Trinajstić information content (AvgIpc) is 3.34. The average molecular weight is 351 g/mol. The maximum absolute atomic E-state index is 14.8. The monoisotopic (exact) mass is 351 g/mol. The molecule has 4 aromatic rings. The van der Waals surface area contributed by atoms with E-state index in [1.54, 1.807) is 4.52 Å². The van der Waals surface area contributed by atoms with E-state index in [-0.39, 0.29) is 5.56 Å². The van der Waals surface area contributed by atoms with Crippen molar-refractivity contribution in [3.8, 4) is 22.5 Å². The summed E-state index contributed by atoms with van der Waals surface area (Å²) in [6, 6.07) is 6.56. The first-order valence-corrected chi connectivity index (χ1v) is 8.47. The number of nitrogens with zero attached hydrogens (tertiary/aromatic N) is 5. The summed E-state index contributed by atoms with van der Waals surface area (Å²) in [5.41, 5.74) is 3.31. The van der Waals surface area contributed by atoms with Crippen molar-refractivity contribution in [3.05, 3.63) is 59.8 Å². The summed E-state index contributed by atoms with van der Waals surface area (Å²) in [5, 5.41) is 4.18. The van der Waals surface area contributed by atoms with Crippen LogP contribution in [0.5, 0.6) is 0 Å². The molecule has 7 heteroatoms. The molecule has 0 unspecified atom stereocenters. The molecule has 0 N–H and O–H groups in total. The summed E-state index contributed by atoms with van der Waals surface area (Å²) >= 11 is 0. The van der Waals surface area contributed by atoms with Crippen LogP contribution < -0.4 is 0 Å². The Labute approximate surface area is 147 Å². The lowest BCUT2D eigenvalue weighted by molar-refractivity contribution is 0.570. The van der Waals surface area contributed by atoms with Crippen LogP contribution in [0.25, 0.3) is 28.2 Å². The van der Waals surface area contributed by atoms with Gasteiger partial charge in [0.15, 0.2) is 5.65 Å². The predicted octanol–water partition coefficient (Wildman–Crippen LogP) is 3.79. The van der Waals surface area contributed by atoms with Crippen LogP contribution in [0.2, 0.25) is 0 Å². The third-order valence-electron chi connectivity index (χ3n) is 4.95. The van der Waals surface area contributed by atoms with Crippen LogP contribution in [0.15, 0.2) is 36.8 Å². The predicted molar refractivity (Wildman–Crippen MR) is 92.6 cm³/mol. The molecule has 3 aromatic heterocycles. The lowest BCUT2D eigenvalue weighted by atomic mass is 10.0. The molecular formula is C19H15F2N5. The van der Waals surface area contributed by atoms with Crippen LogP contribution in [0, 0.1) is 18.6 Å². The zero-order valence-corrected chi connectivity index (χ0v) is 14.1. The van der Waals surface area contributed by atoms with Gasteiger partial charge in [-0.3, -0.25) is 0 Å². The number of halogens is 2. The second-order valence-electron chi connectivity index (χ2n) is 6.49. The van der Waals surface area contributed by atoms with Gasteiger partial charge < -0.3 is 4.57 Å². The van der Waals surface area contributed by atoms with Gasteiger partial charge in [0.1, 0.15) is 23.8 Å². The molecule has 5 rings (SSSR count). The van der Waals surface area contributed by atoms with E-state index in [1.807, 2.05) is 18.3 Å². The Morgan fingerprint density at radius 2 is 2.00 bits per heavy atom. The minimum atomic E-state index is -0.565. The fourth-order valence-electron chi connectivity index (χ4n) is 3.61. The van der Waals surface area contributed by atoms with Gasteiger partial charge in [-0.1, -0.05) is 0 Å². The number of benzene rings is 1. The van der Waals surface area contributed by atoms with E-state index >= 15 is 0 Å². The maximum atomic E-state index is 14.8. The molecule has 0 saturated carbocycles. The lowest BCUT2D eigenvalue weighted by Crippen LogP contribution is -1.99.